The van der Waals surface area contributed by atoms with Gasteiger partial charge in [-0.25, -0.2) is 19.4 Å². The van der Waals surface area contributed by atoms with E-state index in [0.717, 1.165) is 0 Å². The average Bonchev–Trinajstić information content (AvgIpc) is 2.59. The largest absolute Gasteiger partial charge is 0.463 e. The molecule has 0 atom stereocenters. The molecule has 0 unspecified atom stereocenters. The molecule has 0 aliphatic carbocycles. The number of ether oxygens (including phenoxy) is 2. The second-order valence-corrected chi connectivity index (χ2v) is 5.42. The number of carbonyl (C=O) groups excluding carboxylic acids is 3. The number of carbonyl (C=O) groups is 3. The molecule has 9 heteroatoms. The van der Waals surface area contributed by atoms with E-state index >= 15 is 0 Å². The maximum absolute atomic E-state index is 12.2. The van der Waals surface area contributed by atoms with Gasteiger partial charge in [0.15, 0.2) is 0 Å². The summed E-state index contributed by atoms with van der Waals surface area (Å²) in [5, 5.41) is 5.49. The molecule has 0 saturated heterocycles. The molecule has 1 aromatic rings. The maximum Gasteiger partial charge on any atom is 0.341 e. The minimum Gasteiger partial charge on any atom is -0.463 e. The first kappa shape index (κ1) is 17.8. The third-order valence-corrected chi connectivity index (χ3v) is 3.82. The van der Waals surface area contributed by atoms with E-state index in [-0.39, 0.29) is 31.0 Å². The second-order valence-electron chi connectivity index (χ2n) is 4.62. The summed E-state index contributed by atoms with van der Waals surface area (Å²) < 4.78 is 10.1. The predicted octanol–water partition coefficient (Wildman–Crippen LogP) is 1.09. The van der Waals surface area contributed by atoms with E-state index in [9.17, 15) is 14.4 Å². The molecule has 2 N–H and O–H groups in total. The minimum atomic E-state index is -0.587. The lowest BCUT2D eigenvalue weighted by Crippen LogP contribution is -2.45. The van der Waals surface area contributed by atoms with Crippen molar-refractivity contribution in [3.8, 4) is 0 Å². The van der Waals surface area contributed by atoms with Crippen molar-refractivity contribution >= 4 is 29.7 Å². The Bertz CT molecular complexity index is 689. The summed E-state index contributed by atoms with van der Waals surface area (Å²) in [6.07, 6.45) is 3.38. The van der Waals surface area contributed by atoms with Gasteiger partial charge in [0.25, 0.3) is 0 Å². The van der Waals surface area contributed by atoms with Crippen molar-refractivity contribution in [2.24, 2.45) is 0 Å². The summed E-state index contributed by atoms with van der Waals surface area (Å²) in [5.41, 5.74) is 0.754. The molecule has 0 bridgehead atoms. The van der Waals surface area contributed by atoms with E-state index in [2.05, 4.69) is 15.6 Å². The lowest BCUT2D eigenvalue weighted by Gasteiger charge is -2.21. The van der Waals surface area contributed by atoms with Gasteiger partial charge in [0.2, 0.25) is 0 Å². The van der Waals surface area contributed by atoms with Gasteiger partial charge >= 0.3 is 18.0 Å². The highest BCUT2D eigenvalue weighted by molar-refractivity contribution is 7.98. The van der Waals surface area contributed by atoms with Crippen molar-refractivity contribution in [3.05, 3.63) is 35.2 Å². The van der Waals surface area contributed by atoms with Crippen LogP contribution in [0.15, 0.2) is 34.6 Å². The Morgan fingerprint density at radius 2 is 2.12 bits per heavy atom. The monoisotopic (exact) mass is 351 g/mol. The maximum atomic E-state index is 12.2. The molecule has 8 nitrogen and oxygen atoms in total. The minimum absolute atomic E-state index is 0.0144. The van der Waals surface area contributed by atoms with Crippen molar-refractivity contribution in [1.82, 2.24) is 15.6 Å². The van der Waals surface area contributed by atoms with Crippen LogP contribution in [-0.4, -0.2) is 49.0 Å². The molecule has 0 radical (unpaired) electrons. The molecular formula is C15H17N3O5S. The van der Waals surface area contributed by atoms with Crippen LogP contribution in [-0.2, 0) is 14.3 Å². The van der Waals surface area contributed by atoms with E-state index in [1.165, 1.54) is 11.8 Å². The fourth-order valence-electron chi connectivity index (χ4n) is 1.99. The van der Waals surface area contributed by atoms with E-state index in [1.54, 1.807) is 31.5 Å². The third kappa shape index (κ3) is 4.25. The number of rotatable bonds is 6. The number of pyridine rings is 1. The van der Waals surface area contributed by atoms with Crippen LogP contribution in [0.4, 0.5) is 4.79 Å². The first-order valence-corrected chi connectivity index (χ1v) is 8.39. The fraction of sp³-hybridized carbons (Fsp3) is 0.333. The molecule has 1 aliphatic heterocycles. The molecule has 0 saturated carbocycles. The highest BCUT2D eigenvalue weighted by atomic mass is 32.2. The molecule has 2 amide bonds. The van der Waals surface area contributed by atoms with Crippen LogP contribution in [0, 0.1) is 0 Å². The standard InChI is InChI=1S/C15H17N3O5S/c1-3-22-14(20)10-7-17-15(21)18-11(10)8-23-13(19)9-5-4-6-16-12(9)24-2/h4-6H,3,7-8H2,1-2H3,(H2,17,18,21). The average molecular weight is 351 g/mol. The Kier molecular flexibility index (Phi) is 6.19. The number of hydrogen-bond acceptors (Lipinski definition) is 7. The number of nitrogens with zero attached hydrogens (tertiary/aromatic N) is 1. The zero-order chi connectivity index (χ0) is 17.5. The molecule has 1 aliphatic rings. The summed E-state index contributed by atoms with van der Waals surface area (Å²) in [4.78, 5) is 39.7. The molecule has 2 heterocycles. The zero-order valence-electron chi connectivity index (χ0n) is 13.3. The van der Waals surface area contributed by atoms with Gasteiger partial charge in [-0.1, -0.05) is 0 Å². The zero-order valence-corrected chi connectivity index (χ0v) is 14.1. The first-order chi connectivity index (χ1) is 11.6. The summed E-state index contributed by atoms with van der Waals surface area (Å²) in [7, 11) is 0. The number of amides is 2. The molecule has 0 aromatic carbocycles. The van der Waals surface area contributed by atoms with Gasteiger partial charge in [-0.3, -0.25) is 0 Å². The van der Waals surface area contributed by atoms with E-state index < -0.39 is 18.0 Å². The van der Waals surface area contributed by atoms with Gasteiger partial charge in [-0.2, -0.15) is 0 Å². The molecule has 2 rings (SSSR count). The number of hydrogen-bond donors (Lipinski definition) is 2. The Morgan fingerprint density at radius 1 is 1.33 bits per heavy atom. The van der Waals surface area contributed by atoms with Crippen LogP contribution in [0.2, 0.25) is 0 Å². The lowest BCUT2D eigenvalue weighted by atomic mass is 10.1. The fourth-order valence-corrected chi connectivity index (χ4v) is 2.53. The molecule has 0 fully saturated rings. The predicted molar refractivity (Wildman–Crippen MR) is 86.5 cm³/mol. The SMILES string of the molecule is CCOC(=O)C1=C(COC(=O)c2cccnc2SC)NC(=O)NC1. The Hall–Kier alpha value is -2.55. The Labute approximate surface area is 143 Å². The normalized spacial score (nSPS) is 13.8. The van der Waals surface area contributed by atoms with Gasteiger partial charge in [-0.15, -0.1) is 11.8 Å². The van der Waals surface area contributed by atoms with Gasteiger partial charge in [0, 0.05) is 6.20 Å². The van der Waals surface area contributed by atoms with Gasteiger partial charge < -0.3 is 20.1 Å². The topological polar surface area (TPSA) is 107 Å². The second kappa shape index (κ2) is 8.34. The highest BCUT2D eigenvalue weighted by Crippen LogP contribution is 2.18. The molecule has 1 aromatic heterocycles. The van der Waals surface area contributed by atoms with Crippen molar-refractivity contribution in [2.75, 3.05) is 26.0 Å². The van der Waals surface area contributed by atoms with Crippen molar-refractivity contribution in [1.29, 1.82) is 0 Å². The van der Waals surface area contributed by atoms with Crippen molar-refractivity contribution < 1.29 is 23.9 Å². The number of esters is 2. The number of nitrogens with one attached hydrogen (secondary N) is 2. The Morgan fingerprint density at radius 3 is 2.83 bits per heavy atom. The smallest absolute Gasteiger partial charge is 0.341 e. The van der Waals surface area contributed by atoms with Crippen LogP contribution in [0.5, 0.6) is 0 Å². The number of aromatic nitrogens is 1. The summed E-state index contributed by atoms with van der Waals surface area (Å²) in [6.45, 7) is 1.65. The van der Waals surface area contributed by atoms with Crippen molar-refractivity contribution in [3.63, 3.8) is 0 Å². The van der Waals surface area contributed by atoms with Crippen LogP contribution in [0.3, 0.4) is 0 Å². The number of urea groups is 1. The Balaban J connectivity index is 2.13. The summed E-state index contributed by atoms with van der Waals surface area (Å²) >= 11 is 1.32. The summed E-state index contributed by atoms with van der Waals surface area (Å²) in [5.74, 6) is -1.15. The number of thioether (sulfide) groups is 1. The van der Waals surface area contributed by atoms with Gasteiger partial charge in [-0.05, 0) is 25.3 Å². The van der Waals surface area contributed by atoms with Crippen molar-refractivity contribution in [2.45, 2.75) is 11.9 Å². The quantitative estimate of drug-likeness (QED) is 0.583. The van der Waals surface area contributed by atoms with Crippen LogP contribution in [0.25, 0.3) is 0 Å². The molecular weight excluding hydrogens is 334 g/mol. The van der Waals surface area contributed by atoms with Gasteiger partial charge in [0.05, 0.1) is 30.0 Å². The van der Waals surface area contributed by atoms with E-state index in [0.29, 0.717) is 10.6 Å². The van der Waals surface area contributed by atoms with Crippen LogP contribution in [0.1, 0.15) is 17.3 Å². The highest BCUT2D eigenvalue weighted by Gasteiger charge is 2.25. The summed E-state index contributed by atoms with van der Waals surface area (Å²) in [6, 6.07) is 2.76. The first-order valence-electron chi connectivity index (χ1n) is 7.17. The van der Waals surface area contributed by atoms with Gasteiger partial charge in [0.1, 0.15) is 11.6 Å². The lowest BCUT2D eigenvalue weighted by molar-refractivity contribution is -0.138. The van der Waals surface area contributed by atoms with E-state index in [1.807, 2.05) is 0 Å². The van der Waals surface area contributed by atoms with E-state index in [4.69, 9.17) is 9.47 Å². The molecule has 128 valence electrons. The van der Waals surface area contributed by atoms with Crippen LogP contribution >= 0.6 is 11.8 Å². The molecule has 24 heavy (non-hydrogen) atoms. The van der Waals surface area contributed by atoms with Crippen LogP contribution < -0.4 is 10.6 Å². The molecule has 0 spiro atoms. The third-order valence-electron chi connectivity index (χ3n) is 3.11.